The van der Waals surface area contributed by atoms with E-state index >= 15 is 0 Å². The first kappa shape index (κ1) is 17.9. The molecule has 2 aromatic carbocycles. The second kappa shape index (κ2) is 8.01. The molecule has 2 N–H and O–H groups in total. The van der Waals surface area contributed by atoms with Crippen molar-refractivity contribution in [2.24, 2.45) is 5.73 Å². The zero-order valence-corrected chi connectivity index (χ0v) is 14.8. The van der Waals surface area contributed by atoms with Crippen molar-refractivity contribution in [3.05, 3.63) is 65.7 Å². The summed E-state index contributed by atoms with van der Waals surface area (Å²) >= 11 is 0. The fourth-order valence-corrected chi connectivity index (χ4v) is 3.07. The van der Waals surface area contributed by atoms with E-state index in [-0.39, 0.29) is 11.8 Å². The van der Waals surface area contributed by atoms with Crippen LogP contribution in [0.2, 0.25) is 0 Å². The summed E-state index contributed by atoms with van der Waals surface area (Å²) in [5.74, 6) is 0.492. The SMILES string of the molecule is COc1cccc(C(=O)N2CCN(C(=O)C(N)c3ccccc3)CC2)c1. The molecule has 1 aliphatic rings. The van der Waals surface area contributed by atoms with Crippen LogP contribution in [-0.4, -0.2) is 54.9 Å². The molecule has 0 aliphatic carbocycles. The average Bonchev–Trinajstić information content (AvgIpc) is 2.73. The second-order valence-corrected chi connectivity index (χ2v) is 6.24. The third-order valence-electron chi connectivity index (χ3n) is 4.62. The number of hydrogen-bond donors (Lipinski definition) is 1. The lowest BCUT2D eigenvalue weighted by Crippen LogP contribution is -2.52. The fourth-order valence-electron chi connectivity index (χ4n) is 3.07. The Kier molecular flexibility index (Phi) is 5.53. The van der Waals surface area contributed by atoms with Crippen LogP contribution in [0.3, 0.4) is 0 Å². The zero-order chi connectivity index (χ0) is 18.5. The average molecular weight is 353 g/mol. The highest BCUT2D eigenvalue weighted by Gasteiger charge is 2.28. The molecule has 1 unspecified atom stereocenters. The molecule has 0 saturated carbocycles. The van der Waals surface area contributed by atoms with Crippen molar-refractivity contribution >= 4 is 11.8 Å². The van der Waals surface area contributed by atoms with Gasteiger partial charge in [-0.15, -0.1) is 0 Å². The topological polar surface area (TPSA) is 75.9 Å². The minimum atomic E-state index is -0.670. The Bertz CT molecular complexity index is 771. The maximum atomic E-state index is 12.6. The summed E-state index contributed by atoms with van der Waals surface area (Å²) in [4.78, 5) is 28.7. The van der Waals surface area contributed by atoms with E-state index in [0.29, 0.717) is 37.5 Å². The summed E-state index contributed by atoms with van der Waals surface area (Å²) in [6, 6.07) is 15.8. The van der Waals surface area contributed by atoms with Crippen LogP contribution in [0.25, 0.3) is 0 Å². The molecule has 2 aromatic rings. The summed E-state index contributed by atoms with van der Waals surface area (Å²) < 4.78 is 5.17. The predicted molar refractivity (Wildman–Crippen MR) is 98.8 cm³/mol. The quantitative estimate of drug-likeness (QED) is 0.907. The van der Waals surface area contributed by atoms with Crippen molar-refractivity contribution in [2.45, 2.75) is 6.04 Å². The maximum Gasteiger partial charge on any atom is 0.254 e. The molecule has 136 valence electrons. The molecule has 1 atom stereocenters. The monoisotopic (exact) mass is 353 g/mol. The van der Waals surface area contributed by atoms with Crippen LogP contribution in [0.4, 0.5) is 0 Å². The van der Waals surface area contributed by atoms with E-state index in [4.69, 9.17) is 10.5 Å². The highest BCUT2D eigenvalue weighted by atomic mass is 16.5. The van der Waals surface area contributed by atoms with Gasteiger partial charge in [-0.2, -0.15) is 0 Å². The molecule has 1 saturated heterocycles. The van der Waals surface area contributed by atoms with Crippen molar-refractivity contribution in [3.8, 4) is 5.75 Å². The van der Waals surface area contributed by atoms with Crippen molar-refractivity contribution < 1.29 is 14.3 Å². The number of nitrogens with zero attached hydrogens (tertiary/aromatic N) is 2. The number of amides is 2. The number of benzene rings is 2. The first-order valence-electron chi connectivity index (χ1n) is 8.63. The normalized spacial score (nSPS) is 15.5. The van der Waals surface area contributed by atoms with E-state index in [2.05, 4.69) is 0 Å². The fraction of sp³-hybridized carbons (Fsp3) is 0.300. The maximum absolute atomic E-state index is 12.6. The minimum Gasteiger partial charge on any atom is -0.497 e. The summed E-state index contributed by atoms with van der Waals surface area (Å²) in [7, 11) is 1.57. The Labute approximate surface area is 153 Å². The van der Waals surface area contributed by atoms with E-state index < -0.39 is 6.04 Å². The van der Waals surface area contributed by atoms with Gasteiger partial charge in [0.15, 0.2) is 0 Å². The van der Waals surface area contributed by atoms with E-state index in [1.165, 1.54) is 0 Å². The Morgan fingerprint density at radius 1 is 0.962 bits per heavy atom. The predicted octanol–water partition coefficient (Wildman–Crippen LogP) is 1.68. The van der Waals surface area contributed by atoms with Crippen LogP contribution in [0, 0.1) is 0 Å². The van der Waals surface area contributed by atoms with E-state index in [0.717, 1.165) is 5.56 Å². The van der Waals surface area contributed by atoms with Crippen LogP contribution in [0.1, 0.15) is 22.0 Å². The molecule has 0 aromatic heterocycles. The highest BCUT2D eigenvalue weighted by molar-refractivity contribution is 5.95. The molecule has 2 amide bonds. The van der Waals surface area contributed by atoms with Gasteiger partial charge in [0.25, 0.3) is 5.91 Å². The summed E-state index contributed by atoms with van der Waals surface area (Å²) in [6.07, 6.45) is 0. The van der Waals surface area contributed by atoms with Gasteiger partial charge in [0.05, 0.1) is 7.11 Å². The van der Waals surface area contributed by atoms with Crippen LogP contribution in [0.15, 0.2) is 54.6 Å². The molecule has 0 radical (unpaired) electrons. The molecular weight excluding hydrogens is 330 g/mol. The lowest BCUT2D eigenvalue weighted by Gasteiger charge is -2.36. The zero-order valence-electron chi connectivity index (χ0n) is 14.8. The molecule has 0 spiro atoms. The van der Waals surface area contributed by atoms with Crippen LogP contribution >= 0.6 is 0 Å². The highest BCUT2D eigenvalue weighted by Crippen LogP contribution is 2.17. The summed E-state index contributed by atoms with van der Waals surface area (Å²) in [5.41, 5.74) is 7.49. The van der Waals surface area contributed by atoms with Gasteiger partial charge in [-0.1, -0.05) is 36.4 Å². The number of nitrogens with two attached hydrogens (primary N) is 1. The van der Waals surface area contributed by atoms with Crippen molar-refractivity contribution in [3.63, 3.8) is 0 Å². The molecule has 1 heterocycles. The number of methoxy groups -OCH3 is 1. The van der Waals surface area contributed by atoms with Crippen molar-refractivity contribution in [1.82, 2.24) is 9.80 Å². The van der Waals surface area contributed by atoms with Crippen LogP contribution in [-0.2, 0) is 4.79 Å². The molecule has 0 bridgehead atoms. The third-order valence-corrected chi connectivity index (χ3v) is 4.62. The van der Waals surface area contributed by atoms with Gasteiger partial charge in [-0.05, 0) is 23.8 Å². The van der Waals surface area contributed by atoms with Gasteiger partial charge < -0.3 is 20.3 Å². The molecule has 3 rings (SSSR count). The molecule has 26 heavy (non-hydrogen) atoms. The molecular formula is C20H23N3O3. The van der Waals surface area contributed by atoms with E-state index in [1.54, 1.807) is 41.2 Å². The smallest absolute Gasteiger partial charge is 0.254 e. The van der Waals surface area contributed by atoms with E-state index in [1.807, 2.05) is 30.3 Å². The number of ether oxygens (including phenoxy) is 1. The Morgan fingerprint density at radius 3 is 2.27 bits per heavy atom. The molecule has 6 heteroatoms. The van der Waals surface area contributed by atoms with Crippen LogP contribution in [0.5, 0.6) is 5.75 Å². The Morgan fingerprint density at radius 2 is 1.62 bits per heavy atom. The summed E-state index contributed by atoms with van der Waals surface area (Å²) in [5, 5.41) is 0. The third kappa shape index (κ3) is 3.86. The number of carbonyl (C=O) groups excluding carboxylic acids is 2. The Balaban J connectivity index is 1.60. The lowest BCUT2D eigenvalue weighted by atomic mass is 10.1. The van der Waals surface area contributed by atoms with Crippen molar-refractivity contribution in [2.75, 3.05) is 33.3 Å². The lowest BCUT2D eigenvalue weighted by molar-refractivity contribution is -0.134. The van der Waals surface area contributed by atoms with Gasteiger partial charge >= 0.3 is 0 Å². The van der Waals surface area contributed by atoms with Gasteiger partial charge in [0.1, 0.15) is 11.8 Å². The van der Waals surface area contributed by atoms with E-state index in [9.17, 15) is 9.59 Å². The number of hydrogen-bond acceptors (Lipinski definition) is 4. The minimum absolute atomic E-state index is 0.0524. The largest absolute Gasteiger partial charge is 0.497 e. The molecule has 1 fully saturated rings. The first-order valence-corrected chi connectivity index (χ1v) is 8.63. The van der Waals surface area contributed by atoms with Crippen LogP contribution < -0.4 is 10.5 Å². The van der Waals surface area contributed by atoms with Gasteiger partial charge in [0.2, 0.25) is 5.91 Å². The number of piperazine rings is 1. The molecule has 6 nitrogen and oxygen atoms in total. The standard InChI is InChI=1S/C20H23N3O3/c1-26-17-9-5-8-16(14-17)19(24)22-10-12-23(13-11-22)20(25)18(21)15-6-3-2-4-7-15/h2-9,14,18H,10-13,21H2,1H3. The van der Waals surface area contributed by atoms with Crippen molar-refractivity contribution in [1.29, 1.82) is 0 Å². The number of rotatable bonds is 4. The molecule has 1 aliphatic heterocycles. The number of carbonyl (C=O) groups is 2. The van der Waals surface area contributed by atoms with Gasteiger partial charge in [-0.3, -0.25) is 9.59 Å². The first-order chi connectivity index (χ1) is 12.6. The van der Waals surface area contributed by atoms with Gasteiger partial charge in [-0.25, -0.2) is 0 Å². The Hall–Kier alpha value is -2.86. The second-order valence-electron chi connectivity index (χ2n) is 6.24. The summed E-state index contributed by atoms with van der Waals surface area (Å²) in [6.45, 7) is 1.94. The van der Waals surface area contributed by atoms with Gasteiger partial charge in [0, 0.05) is 31.7 Å².